The van der Waals surface area contributed by atoms with Gasteiger partial charge in [-0.15, -0.1) is 0 Å². The zero-order valence-corrected chi connectivity index (χ0v) is 6.15. The second-order valence-electron chi connectivity index (χ2n) is 2.52. The first-order valence-electron chi connectivity index (χ1n) is 3.54. The molecule has 9 heavy (non-hydrogen) atoms. The van der Waals surface area contributed by atoms with E-state index in [1.165, 1.54) is 24.1 Å². The second kappa shape index (κ2) is 2.81. The smallest absolute Gasteiger partial charge is 0.0256 e. The number of rotatable bonds is 1. The Labute approximate surface area is 56.5 Å². The van der Waals surface area contributed by atoms with Crippen LogP contribution in [0.3, 0.4) is 0 Å². The third kappa shape index (κ3) is 1.67. The van der Waals surface area contributed by atoms with Crippen molar-refractivity contribution in [2.24, 2.45) is 4.99 Å². The van der Waals surface area contributed by atoms with E-state index >= 15 is 0 Å². The van der Waals surface area contributed by atoms with Crippen LogP contribution >= 0.6 is 0 Å². The van der Waals surface area contributed by atoms with E-state index in [9.17, 15) is 0 Å². The molecule has 0 radical (unpaired) electrons. The van der Waals surface area contributed by atoms with Crippen molar-refractivity contribution in [2.45, 2.75) is 33.1 Å². The van der Waals surface area contributed by atoms with Gasteiger partial charge in [-0.25, -0.2) is 0 Å². The van der Waals surface area contributed by atoms with Gasteiger partial charge in [-0.3, -0.25) is 4.99 Å². The van der Waals surface area contributed by atoms with Crippen LogP contribution < -0.4 is 0 Å². The normalized spacial score (nSPS) is 18.9. The summed E-state index contributed by atoms with van der Waals surface area (Å²) in [7, 11) is 0. The third-order valence-corrected chi connectivity index (χ3v) is 1.68. The first kappa shape index (κ1) is 6.53. The molecule has 1 aliphatic rings. The summed E-state index contributed by atoms with van der Waals surface area (Å²) in [5.41, 5.74) is 2.76. The molecule has 0 aromatic carbocycles. The summed E-state index contributed by atoms with van der Waals surface area (Å²) >= 11 is 0. The van der Waals surface area contributed by atoms with Gasteiger partial charge in [0.2, 0.25) is 0 Å². The molecule has 0 aromatic rings. The van der Waals surface area contributed by atoms with Gasteiger partial charge in [-0.05, 0) is 26.2 Å². The third-order valence-electron chi connectivity index (χ3n) is 1.68. The SMILES string of the molecule is CCC1=NC=C(C)CC1. The van der Waals surface area contributed by atoms with Crippen LogP contribution in [0.4, 0.5) is 0 Å². The first-order chi connectivity index (χ1) is 4.33. The van der Waals surface area contributed by atoms with E-state index < -0.39 is 0 Å². The Morgan fingerprint density at radius 2 is 2.33 bits per heavy atom. The largest absolute Gasteiger partial charge is 0.266 e. The van der Waals surface area contributed by atoms with Crippen molar-refractivity contribution in [2.75, 3.05) is 0 Å². The number of aliphatic imine (C=N–C) groups is 1. The van der Waals surface area contributed by atoms with E-state index in [1.807, 2.05) is 6.20 Å². The number of allylic oxidation sites excluding steroid dienone is 1. The van der Waals surface area contributed by atoms with E-state index in [0.717, 1.165) is 6.42 Å². The maximum absolute atomic E-state index is 4.28. The van der Waals surface area contributed by atoms with Gasteiger partial charge in [0, 0.05) is 11.9 Å². The molecule has 0 aromatic heterocycles. The minimum absolute atomic E-state index is 1.11. The maximum Gasteiger partial charge on any atom is 0.0256 e. The summed E-state index contributed by atoms with van der Waals surface area (Å²) < 4.78 is 0. The van der Waals surface area contributed by atoms with Gasteiger partial charge < -0.3 is 0 Å². The van der Waals surface area contributed by atoms with Crippen LogP contribution in [-0.2, 0) is 0 Å². The molecule has 0 atom stereocenters. The summed E-state index contributed by atoms with van der Waals surface area (Å²) in [5.74, 6) is 0. The van der Waals surface area contributed by atoms with Gasteiger partial charge in [0.15, 0.2) is 0 Å². The highest BCUT2D eigenvalue weighted by atomic mass is 14.7. The lowest BCUT2D eigenvalue weighted by Gasteiger charge is -2.07. The summed E-state index contributed by atoms with van der Waals surface area (Å²) in [6, 6.07) is 0. The van der Waals surface area contributed by atoms with Crippen molar-refractivity contribution in [3.63, 3.8) is 0 Å². The van der Waals surface area contributed by atoms with E-state index in [1.54, 1.807) is 0 Å². The maximum atomic E-state index is 4.28. The minimum atomic E-state index is 1.11. The Bertz CT molecular complexity index is 154. The number of hydrogen-bond acceptors (Lipinski definition) is 1. The molecule has 0 fully saturated rings. The van der Waals surface area contributed by atoms with Crippen molar-refractivity contribution >= 4 is 5.71 Å². The summed E-state index contributed by atoms with van der Waals surface area (Å²) in [6.45, 7) is 4.29. The zero-order valence-electron chi connectivity index (χ0n) is 6.15. The molecule has 0 amide bonds. The quantitative estimate of drug-likeness (QED) is 0.508. The molecule has 0 aliphatic carbocycles. The van der Waals surface area contributed by atoms with E-state index in [4.69, 9.17) is 0 Å². The van der Waals surface area contributed by atoms with E-state index in [0.29, 0.717) is 0 Å². The standard InChI is InChI=1S/C8H13N/c1-3-8-5-4-7(2)6-9-8/h6H,3-5H2,1-2H3. The Morgan fingerprint density at radius 1 is 1.56 bits per heavy atom. The average molecular weight is 123 g/mol. The Hall–Kier alpha value is -0.590. The van der Waals surface area contributed by atoms with Crippen molar-refractivity contribution in [1.82, 2.24) is 0 Å². The molecule has 0 unspecified atom stereocenters. The van der Waals surface area contributed by atoms with Gasteiger partial charge in [0.1, 0.15) is 0 Å². The monoisotopic (exact) mass is 123 g/mol. The summed E-state index contributed by atoms with van der Waals surface area (Å²) in [5, 5.41) is 0. The lowest BCUT2D eigenvalue weighted by molar-refractivity contribution is 0.950. The van der Waals surface area contributed by atoms with Crippen LogP contribution in [0.1, 0.15) is 33.1 Å². The van der Waals surface area contributed by atoms with Gasteiger partial charge in [-0.2, -0.15) is 0 Å². The molecular formula is C8H13N. The molecule has 0 N–H and O–H groups in total. The van der Waals surface area contributed by atoms with E-state index in [-0.39, 0.29) is 0 Å². The molecular weight excluding hydrogens is 110 g/mol. The predicted molar refractivity (Wildman–Crippen MR) is 40.7 cm³/mol. The topological polar surface area (TPSA) is 12.4 Å². The lowest BCUT2D eigenvalue weighted by Crippen LogP contribution is -1.99. The van der Waals surface area contributed by atoms with Crippen molar-refractivity contribution < 1.29 is 0 Å². The van der Waals surface area contributed by atoms with Crippen LogP contribution in [0, 0.1) is 0 Å². The average Bonchev–Trinajstić information content (AvgIpc) is 1.90. The fraction of sp³-hybridized carbons (Fsp3) is 0.625. The molecule has 1 rings (SSSR count). The van der Waals surface area contributed by atoms with Crippen LogP contribution in [0.15, 0.2) is 16.8 Å². The fourth-order valence-corrected chi connectivity index (χ4v) is 0.940. The van der Waals surface area contributed by atoms with Crippen LogP contribution in [0.25, 0.3) is 0 Å². The molecule has 0 saturated heterocycles. The number of nitrogens with zero attached hydrogens (tertiary/aromatic N) is 1. The molecule has 0 spiro atoms. The highest BCUT2D eigenvalue weighted by molar-refractivity contribution is 5.85. The number of hydrogen-bond donors (Lipinski definition) is 0. The molecule has 0 bridgehead atoms. The van der Waals surface area contributed by atoms with Crippen LogP contribution in [-0.4, -0.2) is 5.71 Å². The Balaban J connectivity index is 2.59. The van der Waals surface area contributed by atoms with Crippen molar-refractivity contribution in [1.29, 1.82) is 0 Å². The van der Waals surface area contributed by atoms with Gasteiger partial charge >= 0.3 is 0 Å². The minimum Gasteiger partial charge on any atom is -0.266 e. The van der Waals surface area contributed by atoms with Gasteiger partial charge in [0.05, 0.1) is 0 Å². The Morgan fingerprint density at radius 3 is 2.78 bits per heavy atom. The summed E-state index contributed by atoms with van der Waals surface area (Å²) in [6.07, 6.45) is 5.50. The molecule has 1 aliphatic heterocycles. The molecule has 0 saturated carbocycles. The molecule has 50 valence electrons. The summed E-state index contributed by atoms with van der Waals surface area (Å²) in [4.78, 5) is 4.28. The molecule has 1 heterocycles. The molecule has 1 nitrogen and oxygen atoms in total. The lowest BCUT2D eigenvalue weighted by atomic mass is 10.1. The highest BCUT2D eigenvalue weighted by Crippen LogP contribution is 2.12. The first-order valence-corrected chi connectivity index (χ1v) is 3.54. The van der Waals surface area contributed by atoms with Crippen molar-refractivity contribution in [3.8, 4) is 0 Å². The van der Waals surface area contributed by atoms with Crippen LogP contribution in [0.2, 0.25) is 0 Å². The van der Waals surface area contributed by atoms with Gasteiger partial charge in [-0.1, -0.05) is 12.5 Å². The molecule has 1 heteroatoms. The highest BCUT2D eigenvalue weighted by Gasteiger charge is 2.00. The van der Waals surface area contributed by atoms with E-state index in [2.05, 4.69) is 18.8 Å². The van der Waals surface area contributed by atoms with Crippen LogP contribution in [0.5, 0.6) is 0 Å². The predicted octanol–water partition coefficient (Wildman–Crippen LogP) is 2.54. The van der Waals surface area contributed by atoms with Crippen molar-refractivity contribution in [3.05, 3.63) is 11.8 Å². The second-order valence-corrected chi connectivity index (χ2v) is 2.52. The fourth-order valence-electron chi connectivity index (χ4n) is 0.940. The van der Waals surface area contributed by atoms with Gasteiger partial charge in [0.25, 0.3) is 0 Å². The zero-order chi connectivity index (χ0) is 6.69. The Kier molecular flexibility index (Phi) is 2.04.